The van der Waals surface area contributed by atoms with Crippen LogP contribution in [0.4, 0.5) is 0 Å². The Morgan fingerprint density at radius 2 is 2.15 bits per heavy atom. The van der Waals surface area contributed by atoms with E-state index in [1.165, 1.54) is 0 Å². The number of rotatable bonds is 0. The SMILES string of the molecule is CC(=O)N1CCC2(C)C(C1)C2(Cl)Cl. The van der Waals surface area contributed by atoms with Crippen molar-refractivity contribution in [3.05, 3.63) is 0 Å². The Bertz CT molecular complexity index is 266. The number of likely N-dealkylation sites (tertiary alicyclic amines) is 1. The molecular formula is C9H13Cl2NO. The van der Waals surface area contributed by atoms with Crippen molar-refractivity contribution in [2.45, 2.75) is 24.6 Å². The van der Waals surface area contributed by atoms with Crippen molar-refractivity contribution in [1.82, 2.24) is 4.90 Å². The number of nitrogens with zero attached hydrogens (tertiary/aromatic N) is 1. The first-order valence-corrected chi connectivity index (χ1v) is 5.28. The summed E-state index contributed by atoms with van der Waals surface area (Å²) < 4.78 is -0.600. The summed E-state index contributed by atoms with van der Waals surface area (Å²) in [6, 6.07) is 0. The number of piperidine rings is 1. The third-order valence-electron chi connectivity index (χ3n) is 3.63. The van der Waals surface area contributed by atoms with E-state index in [1.807, 2.05) is 4.90 Å². The second kappa shape index (κ2) is 2.54. The fourth-order valence-electron chi connectivity index (χ4n) is 2.30. The predicted octanol–water partition coefficient (Wildman–Crippen LogP) is 2.05. The second-order valence-corrected chi connectivity index (χ2v) is 5.69. The zero-order valence-electron chi connectivity index (χ0n) is 7.81. The molecule has 1 aliphatic heterocycles. The molecule has 1 heterocycles. The summed E-state index contributed by atoms with van der Waals surface area (Å²) in [6.07, 6.45) is 0.921. The molecule has 13 heavy (non-hydrogen) atoms. The maximum absolute atomic E-state index is 11.1. The molecule has 0 aromatic rings. The third-order valence-corrected chi connectivity index (χ3v) is 5.02. The standard InChI is InChI=1S/C9H13Cl2NO/c1-6(13)12-4-3-8(2)7(5-12)9(8,10)11/h7H,3-5H2,1-2H3. The van der Waals surface area contributed by atoms with E-state index >= 15 is 0 Å². The van der Waals surface area contributed by atoms with Crippen molar-refractivity contribution in [2.75, 3.05) is 13.1 Å². The van der Waals surface area contributed by atoms with Gasteiger partial charge in [-0.2, -0.15) is 0 Å². The molecule has 0 aromatic heterocycles. The molecule has 4 heteroatoms. The molecule has 0 radical (unpaired) electrons. The highest BCUT2D eigenvalue weighted by Crippen LogP contribution is 2.72. The van der Waals surface area contributed by atoms with Crippen LogP contribution < -0.4 is 0 Å². The van der Waals surface area contributed by atoms with Gasteiger partial charge in [0.05, 0.1) is 0 Å². The smallest absolute Gasteiger partial charge is 0.219 e. The van der Waals surface area contributed by atoms with Crippen molar-refractivity contribution < 1.29 is 4.79 Å². The normalized spacial score (nSPS) is 41.2. The van der Waals surface area contributed by atoms with Gasteiger partial charge in [0.25, 0.3) is 0 Å². The molecule has 74 valence electrons. The molecule has 1 saturated heterocycles. The lowest BCUT2D eigenvalue weighted by atomic mass is 9.98. The van der Waals surface area contributed by atoms with Crippen LogP contribution >= 0.6 is 23.2 Å². The fourth-order valence-corrected chi connectivity index (χ4v) is 3.26. The minimum atomic E-state index is -0.600. The van der Waals surface area contributed by atoms with Gasteiger partial charge in [-0.25, -0.2) is 0 Å². The minimum Gasteiger partial charge on any atom is -0.343 e. The average Bonchev–Trinajstić information content (AvgIpc) is 2.46. The van der Waals surface area contributed by atoms with E-state index in [9.17, 15) is 4.79 Å². The van der Waals surface area contributed by atoms with Crippen molar-refractivity contribution in [3.63, 3.8) is 0 Å². The molecular weight excluding hydrogens is 209 g/mol. The Labute approximate surface area is 88.2 Å². The van der Waals surface area contributed by atoms with Gasteiger partial charge in [-0.15, -0.1) is 23.2 Å². The lowest BCUT2D eigenvalue weighted by molar-refractivity contribution is -0.130. The molecule has 0 bridgehead atoms. The first-order valence-electron chi connectivity index (χ1n) is 4.53. The Morgan fingerprint density at radius 3 is 2.62 bits per heavy atom. The molecule has 2 atom stereocenters. The number of hydrogen-bond acceptors (Lipinski definition) is 1. The molecule has 0 aromatic carbocycles. The predicted molar refractivity (Wildman–Crippen MR) is 52.9 cm³/mol. The van der Waals surface area contributed by atoms with Crippen LogP contribution in [0.1, 0.15) is 20.3 Å². The molecule has 2 aliphatic rings. The molecule has 1 saturated carbocycles. The Balaban J connectivity index is 2.11. The van der Waals surface area contributed by atoms with Crippen molar-refractivity contribution in [2.24, 2.45) is 11.3 Å². The summed E-state index contributed by atoms with van der Waals surface area (Å²) in [5.41, 5.74) is 0.0437. The lowest BCUT2D eigenvalue weighted by Crippen LogP contribution is -2.37. The van der Waals surface area contributed by atoms with Gasteiger partial charge in [0.2, 0.25) is 5.91 Å². The largest absolute Gasteiger partial charge is 0.343 e. The highest BCUT2D eigenvalue weighted by atomic mass is 35.5. The van der Waals surface area contributed by atoms with Crippen molar-refractivity contribution in [1.29, 1.82) is 0 Å². The van der Waals surface area contributed by atoms with Gasteiger partial charge in [-0.05, 0) is 6.42 Å². The van der Waals surface area contributed by atoms with Crippen LogP contribution in [0.3, 0.4) is 0 Å². The van der Waals surface area contributed by atoms with Crippen LogP contribution in [0.5, 0.6) is 0 Å². The average molecular weight is 222 g/mol. The maximum atomic E-state index is 11.1. The minimum absolute atomic E-state index is 0.0437. The van der Waals surface area contributed by atoms with E-state index in [1.54, 1.807) is 6.92 Å². The van der Waals surface area contributed by atoms with Crippen molar-refractivity contribution >= 4 is 29.1 Å². The number of carbonyl (C=O) groups is 1. The molecule has 1 aliphatic carbocycles. The summed E-state index contributed by atoms with van der Waals surface area (Å²) in [7, 11) is 0. The first-order chi connectivity index (χ1) is 5.89. The molecule has 2 rings (SSSR count). The summed E-state index contributed by atoms with van der Waals surface area (Å²) in [5, 5.41) is 0. The van der Waals surface area contributed by atoms with Gasteiger partial charge in [-0.3, -0.25) is 4.79 Å². The van der Waals surface area contributed by atoms with Crippen LogP contribution in [0.15, 0.2) is 0 Å². The zero-order chi connectivity index (χ0) is 9.85. The fraction of sp³-hybridized carbons (Fsp3) is 0.889. The Hall–Kier alpha value is 0.0500. The summed E-state index contributed by atoms with van der Waals surface area (Å²) >= 11 is 12.3. The van der Waals surface area contributed by atoms with E-state index in [-0.39, 0.29) is 17.2 Å². The van der Waals surface area contributed by atoms with E-state index < -0.39 is 4.33 Å². The molecule has 2 fully saturated rings. The topological polar surface area (TPSA) is 20.3 Å². The van der Waals surface area contributed by atoms with Crippen LogP contribution in [0, 0.1) is 11.3 Å². The monoisotopic (exact) mass is 221 g/mol. The first kappa shape index (κ1) is 9.60. The molecule has 2 nitrogen and oxygen atoms in total. The number of alkyl halides is 2. The number of fused-ring (bicyclic) bond motifs is 1. The quantitative estimate of drug-likeness (QED) is 0.574. The highest BCUT2D eigenvalue weighted by Gasteiger charge is 2.73. The number of carbonyl (C=O) groups excluding carboxylic acids is 1. The summed E-state index contributed by atoms with van der Waals surface area (Å²) in [4.78, 5) is 13.0. The molecule has 0 N–H and O–H groups in total. The highest BCUT2D eigenvalue weighted by molar-refractivity contribution is 6.51. The third kappa shape index (κ3) is 1.11. The van der Waals surface area contributed by atoms with Gasteiger partial charge in [0.1, 0.15) is 4.33 Å². The van der Waals surface area contributed by atoms with Gasteiger partial charge < -0.3 is 4.90 Å². The number of hydrogen-bond donors (Lipinski definition) is 0. The molecule has 0 spiro atoms. The lowest BCUT2D eigenvalue weighted by Gasteiger charge is -2.27. The molecule has 1 amide bonds. The van der Waals surface area contributed by atoms with Gasteiger partial charge in [-0.1, -0.05) is 6.92 Å². The molecule has 2 unspecified atom stereocenters. The van der Waals surface area contributed by atoms with E-state index in [4.69, 9.17) is 23.2 Å². The second-order valence-electron chi connectivity index (χ2n) is 4.31. The van der Waals surface area contributed by atoms with Crippen LogP contribution in [-0.2, 0) is 4.79 Å². The van der Waals surface area contributed by atoms with Gasteiger partial charge >= 0.3 is 0 Å². The Morgan fingerprint density at radius 1 is 1.54 bits per heavy atom. The number of amides is 1. The van der Waals surface area contributed by atoms with Crippen LogP contribution in [0.25, 0.3) is 0 Å². The maximum Gasteiger partial charge on any atom is 0.219 e. The van der Waals surface area contributed by atoms with E-state index in [2.05, 4.69) is 6.92 Å². The zero-order valence-corrected chi connectivity index (χ0v) is 9.32. The summed E-state index contributed by atoms with van der Waals surface area (Å²) in [5.74, 6) is 0.388. The number of halogens is 2. The summed E-state index contributed by atoms with van der Waals surface area (Å²) in [6.45, 7) is 5.21. The van der Waals surface area contributed by atoms with Gasteiger partial charge in [0, 0.05) is 31.3 Å². The van der Waals surface area contributed by atoms with Gasteiger partial charge in [0.15, 0.2) is 0 Å². The van der Waals surface area contributed by atoms with Crippen LogP contribution in [-0.4, -0.2) is 28.2 Å². The Kier molecular flexibility index (Phi) is 1.88. The van der Waals surface area contributed by atoms with E-state index in [0.29, 0.717) is 0 Å². The van der Waals surface area contributed by atoms with Crippen molar-refractivity contribution in [3.8, 4) is 0 Å². The van der Waals surface area contributed by atoms with Crippen LogP contribution in [0.2, 0.25) is 0 Å². The van der Waals surface area contributed by atoms with E-state index in [0.717, 1.165) is 19.5 Å².